The molecule has 0 bridgehead atoms. The van der Waals surface area contributed by atoms with E-state index in [1.165, 1.54) is 0 Å². The highest BCUT2D eigenvalue weighted by Gasteiger charge is 2.51. The Morgan fingerprint density at radius 2 is 1.93 bits per heavy atom. The number of halogens is 1. The summed E-state index contributed by atoms with van der Waals surface area (Å²) in [6.07, 6.45) is 5.89. The zero-order valence-electron chi connectivity index (χ0n) is 16.6. The van der Waals surface area contributed by atoms with Gasteiger partial charge in [-0.15, -0.1) is 5.01 Å². The maximum absolute atomic E-state index is 12.9. The van der Waals surface area contributed by atoms with Gasteiger partial charge in [-0.3, -0.25) is 9.48 Å². The quantitative estimate of drug-likeness (QED) is 0.611. The van der Waals surface area contributed by atoms with Crippen molar-refractivity contribution in [2.24, 2.45) is 5.10 Å². The molecular weight excluding hydrogens is 390 g/mol. The van der Waals surface area contributed by atoms with E-state index < -0.39 is 11.6 Å². The highest BCUT2D eigenvalue weighted by molar-refractivity contribution is 6.31. The van der Waals surface area contributed by atoms with Crippen LogP contribution in [-0.2, 0) is 11.3 Å². The van der Waals surface area contributed by atoms with Crippen molar-refractivity contribution in [2.45, 2.75) is 58.0 Å². The van der Waals surface area contributed by atoms with E-state index in [0.29, 0.717) is 24.4 Å². The number of nitrogens with zero attached hydrogens (tertiary/aromatic N) is 4. The van der Waals surface area contributed by atoms with E-state index in [9.17, 15) is 9.59 Å². The molecule has 8 heteroatoms. The lowest BCUT2D eigenvalue weighted by molar-refractivity contribution is -0.132. The molecule has 29 heavy (non-hydrogen) atoms. The van der Waals surface area contributed by atoms with E-state index >= 15 is 0 Å². The third kappa shape index (κ3) is 3.55. The molecule has 2 aliphatic rings. The van der Waals surface area contributed by atoms with Crippen LogP contribution < -0.4 is 5.32 Å². The molecule has 1 aromatic carbocycles. The molecule has 1 aliphatic carbocycles. The lowest BCUT2D eigenvalue weighted by atomic mass is 9.82. The normalized spacial score (nSPS) is 18.8. The maximum Gasteiger partial charge on any atom is 0.346 e. The van der Waals surface area contributed by atoms with Gasteiger partial charge in [-0.05, 0) is 38.3 Å². The van der Waals surface area contributed by atoms with Gasteiger partial charge in [-0.1, -0.05) is 49.1 Å². The second-order valence-corrected chi connectivity index (χ2v) is 8.18. The van der Waals surface area contributed by atoms with Crippen molar-refractivity contribution in [3.05, 3.63) is 51.8 Å². The Morgan fingerprint density at radius 1 is 1.21 bits per heavy atom. The van der Waals surface area contributed by atoms with Gasteiger partial charge < -0.3 is 5.32 Å². The number of carbonyl (C=O) groups is 2. The van der Waals surface area contributed by atoms with Crippen LogP contribution in [0.2, 0.25) is 5.02 Å². The highest BCUT2D eigenvalue weighted by Crippen LogP contribution is 2.33. The van der Waals surface area contributed by atoms with Crippen molar-refractivity contribution < 1.29 is 9.59 Å². The zero-order chi connectivity index (χ0) is 20.6. The van der Waals surface area contributed by atoms with Crippen molar-refractivity contribution >= 4 is 29.8 Å². The molecule has 1 spiro atoms. The molecule has 3 amide bonds. The molecule has 1 aromatic heterocycles. The Morgan fingerprint density at radius 3 is 2.66 bits per heavy atom. The summed E-state index contributed by atoms with van der Waals surface area (Å²) in [7, 11) is 0. The second kappa shape index (κ2) is 7.63. The van der Waals surface area contributed by atoms with Gasteiger partial charge in [0.15, 0.2) is 0 Å². The minimum absolute atomic E-state index is 0.253. The van der Waals surface area contributed by atoms with E-state index in [-0.39, 0.29) is 5.91 Å². The third-order valence-electron chi connectivity index (χ3n) is 5.87. The number of rotatable bonds is 4. The average molecular weight is 414 g/mol. The Kier molecular flexibility index (Phi) is 5.17. The fourth-order valence-electron chi connectivity index (χ4n) is 4.16. The number of imide groups is 1. The summed E-state index contributed by atoms with van der Waals surface area (Å²) in [5.74, 6) is -0.253. The standard InChI is InChI=1S/C21H24ClN5O2/c1-14-17(15(2)26(25-14)13-16-8-4-5-9-18(16)22)12-23-27-19(28)21(24-20(27)29)10-6-3-7-11-21/h4-5,8-9,12H,3,6-7,10-11,13H2,1-2H3,(H,24,29)/b23-12-. The summed E-state index contributed by atoms with van der Waals surface area (Å²) in [6, 6.07) is 7.19. The number of hydrogen-bond acceptors (Lipinski definition) is 4. The Labute approximate surface area is 174 Å². The van der Waals surface area contributed by atoms with Crippen LogP contribution in [0.3, 0.4) is 0 Å². The molecule has 1 N–H and O–H groups in total. The predicted molar refractivity (Wildman–Crippen MR) is 111 cm³/mol. The average Bonchev–Trinajstić information content (AvgIpc) is 3.09. The maximum atomic E-state index is 12.9. The Hall–Kier alpha value is -2.67. The monoisotopic (exact) mass is 413 g/mol. The van der Waals surface area contributed by atoms with Crippen LogP contribution in [0.1, 0.15) is 54.6 Å². The van der Waals surface area contributed by atoms with Crippen LogP contribution in [-0.4, -0.2) is 38.5 Å². The molecule has 1 saturated carbocycles. The van der Waals surface area contributed by atoms with Crippen molar-refractivity contribution in [3.8, 4) is 0 Å². The first kappa shape index (κ1) is 19.6. The molecule has 152 valence electrons. The molecule has 1 saturated heterocycles. The lowest BCUT2D eigenvalue weighted by Crippen LogP contribution is -2.48. The number of aryl methyl sites for hydroxylation is 1. The highest BCUT2D eigenvalue weighted by atomic mass is 35.5. The predicted octanol–water partition coefficient (Wildman–Crippen LogP) is 3.79. The van der Waals surface area contributed by atoms with Gasteiger partial charge in [0.25, 0.3) is 5.91 Å². The first-order chi connectivity index (χ1) is 13.9. The van der Waals surface area contributed by atoms with Crippen molar-refractivity contribution in [1.29, 1.82) is 0 Å². The second-order valence-electron chi connectivity index (χ2n) is 7.77. The molecule has 0 atom stereocenters. The number of benzene rings is 1. The summed E-state index contributed by atoms with van der Waals surface area (Å²) < 4.78 is 1.85. The summed E-state index contributed by atoms with van der Waals surface area (Å²) in [4.78, 5) is 25.2. The van der Waals surface area contributed by atoms with Gasteiger partial charge in [0, 0.05) is 16.3 Å². The fourth-order valence-corrected chi connectivity index (χ4v) is 4.36. The molecule has 7 nitrogen and oxygen atoms in total. The number of carbonyl (C=O) groups excluding carboxylic acids is 2. The number of aromatic nitrogens is 2. The SMILES string of the molecule is Cc1nn(Cc2ccccc2Cl)c(C)c1/C=N\N1C(=O)NC2(CCCCC2)C1=O. The van der Waals surface area contributed by atoms with Crippen LogP contribution in [0, 0.1) is 13.8 Å². The first-order valence-electron chi connectivity index (χ1n) is 9.89. The van der Waals surface area contributed by atoms with Crippen LogP contribution >= 0.6 is 11.6 Å². The van der Waals surface area contributed by atoms with Crippen LogP contribution in [0.25, 0.3) is 0 Å². The minimum atomic E-state index is -0.773. The van der Waals surface area contributed by atoms with Crippen molar-refractivity contribution in [3.63, 3.8) is 0 Å². The molecule has 1 aliphatic heterocycles. The van der Waals surface area contributed by atoms with Gasteiger partial charge in [0.05, 0.1) is 18.5 Å². The van der Waals surface area contributed by atoms with E-state index in [1.54, 1.807) is 6.21 Å². The Bertz CT molecular complexity index is 991. The number of hydrogen-bond donors (Lipinski definition) is 1. The lowest BCUT2D eigenvalue weighted by Gasteiger charge is -2.29. The van der Waals surface area contributed by atoms with Crippen molar-refractivity contribution in [1.82, 2.24) is 20.1 Å². The molecule has 0 radical (unpaired) electrons. The fraction of sp³-hybridized carbons (Fsp3) is 0.429. The third-order valence-corrected chi connectivity index (χ3v) is 6.23. The molecule has 2 aromatic rings. The van der Waals surface area contributed by atoms with Gasteiger partial charge in [-0.25, -0.2) is 4.79 Å². The zero-order valence-corrected chi connectivity index (χ0v) is 17.4. The van der Waals surface area contributed by atoms with Crippen LogP contribution in [0.15, 0.2) is 29.4 Å². The number of hydrazone groups is 1. The molecule has 0 unspecified atom stereocenters. The molecular formula is C21H24ClN5O2. The topological polar surface area (TPSA) is 79.6 Å². The summed E-state index contributed by atoms with van der Waals surface area (Å²) in [5.41, 5.74) is 2.66. The van der Waals surface area contributed by atoms with Crippen LogP contribution in [0.4, 0.5) is 4.79 Å². The number of urea groups is 1. The Balaban J connectivity index is 1.56. The van der Waals surface area contributed by atoms with Gasteiger partial charge >= 0.3 is 6.03 Å². The van der Waals surface area contributed by atoms with E-state index in [1.807, 2.05) is 42.8 Å². The van der Waals surface area contributed by atoms with E-state index in [4.69, 9.17) is 11.6 Å². The van der Waals surface area contributed by atoms with E-state index in [2.05, 4.69) is 15.5 Å². The number of nitrogens with one attached hydrogen (secondary N) is 1. The van der Waals surface area contributed by atoms with E-state index in [0.717, 1.165) is 46.8 Å². The number of amides is 3. The van der Waals surface area contributed by atoms with Crippen LogP contribution in [0.5, 0.6) is 0 Å². The van der Waals surface area contributed by atoms with Gasteiger partial charge in [-0.2, -0.15) is 10.2 Å². The first-order valence-corrected chi connectivity index (χ1v) is 10.3. The van der Waals surface area contributed by atoms with Gasteiger partial charge in [0.1, 0.15) is 5.54 Å². The molecule has 2 fully saturated rings. The smallest absolute Gasteiger partial charge is 0.321 e. The van der Waals surface area contributed by atoms with Crippen molar-refractivity contribution in [2.75, 3.05) is 0 Å². The summed E-state index contributed by atoms with van der Waals surface area (Å²) in [5, 5.41) is 13.3. The minimum Gasteiger partial charge on any atom is -0.321 e. The summed E-state index contributed by atoms with van der Waals surface area (Å²) >= 11 is 6.27. The largest absolute Gasteiger partial charge is 0.346 e. The molecule has 2 heterocycles. The molecule has 4 rings (SSSR count). The summed E-state index contributed by atoms with van der Waals surface area (Å²) in [6.45, 7) is 4.35. The van der Waals surface area contributed by atoms with Gasteiger partial charge in [0.2, 0.25) is 0 Å².